The van der Waals surface area contributed by atoms with Crippen LogP contribution in [0.25, 0.3) is 0 Å². The molecule has 0 aliphatic carbocycles. The van der Waals surface area contributed by atoms with E-state index in [1.807, 2.05) is 13.1 Å². The second-order valence-electron chi connectivity index (χ2n) is 12.0. The Bertz CT molecular complexity index is 1330. The van der Waals surface area contributed by atoms with Crippen LogP contribution >= 0.6 is 0 Å². The molecule has 1 aliphatic heterocycles. The molecule has 1 aliphatic rings. The van der Waals surface area contributed by atoms with Gasteiger partial charge < -0.3 is 4.74 Å². The van der Waals surface area contributed by atoms with Gasteiger partial charge in [-0.2, -0.15) is 0 Å². The van der Waals surface area contributed by atoms with E-state index in [1.54, 1.807) is 18.3 Å². The molecular formula is C38H52N4O2. The highest BCUT2D eigenvalue weighted by molar-refractivity contribution is 5.99. The van der Waals surface area contributed by atoms with Crippen LogP contribution in [0.5, 0.6) is 0 Å². The van der Waals surface area contributed by atoms with Crippen molar-refractivity contribution in [1.29, 1.82) is 0 Å². The molecule has 0 saturated carbocycles. The molecule has 0 unspecified atom stereocenters. The summed E-state index contributed by atoms with van der Waals surface area (Å²) in [4.78, 5) is 25.6. The number of carbonyl (C=O) groups excluding carboxylic acids is 1. The van der Waals surface area contributed by atoms with E-state index in [-0.39, 0.29) is 5.97 Å². The van der Waals surface area contributed by atoms with E-state index in [0.717, 1.165) is 31.9 Å². The molecule has 44 heavy (non-hydrogen) atoms. The smallest absolute Gasteiger partial charge is 0.337 e. The van der Waals surface area contributed by atoms with Gasteiger partial charge in [0.1, 0.15) is 0 Å². The molecule has 236 valence electrons. The normalized spacial score (nSPS) is 14.7. The number of nitrogens with zero attached hydrogens (tertiary/aromatic N) is 4. The SMILES string of the molecule is CCCCCc1ccc(C)cc1.COC(=O)c1ccnc(C(C)=N/C=C(\C)CN(C)C2CCN(Cc3ccccc3)CC2)c1. The Morgan fingerprint density at radius 3 is 2.39 bits per heavy atom. The first-order valence-electron chi connectivity index (χ1n) is 16.1. The minimum Gasteiger partial charge on any atom is -0.465 e. The molecule has 2 heterocycles. The standard InChI is InChI=1S/C26H34N4O2.C12H18/c1-20(17-28-21(2)25-16-23(10-13-27-25)26(31)32-4)18-29(3)24-11-14-30(15-12-24)19-22-8-6-5-7-9-22;1-3-4-5-6-12-9-7-11(2)8-10-12/h5-10,13,16-17,24H,11-12,14-15,18-19H2,1-4H3;7-10H,3-6H2,1-2H3/b20-17+,28-21?;. The average Bonchev–Trinajstić information content (AvgIpc) is 3.05. The second-order valence-corrected chi connectivity index (χ2v) is 12.0. The van der Waals surface area contributed by atoms with Crippen LogP contribution in [0.15, 0.2) is 89.7 Å². The zero-order valence-corrected chi connectivity index (χ0v) is 27.8. The van der Waals surface area contributed by atoms with Gasteiger partial charge in [-0.3, -0.25) is 19.8 Å². The Kier molecular flexibility index (Phi) is 15.0. The quantitative estimate of drug-likeness (QED) is 0.121. The Labute approximate surface area is 265 Å². The number of methoxy groups -OCH3 is 1. The monoisotopic (exact) mass is 596 g/mol. The number of piperidine rings is 1. The average molecular weight is 597 g/mol. The van der Waals surface area contributed by atoms with Gasteiger partial charge in [-0.1, -0.05) is 79.9 Å². The number of aromatic nitrogens is 1. The van der Waals surface area contributed by atoms with Crippen molar-refractivity contribution < 1.29 is 9.53 Å². The molecule has 1 aromatic heterocycles. The number of ether oxygens (including phenoxy) is 1. The van der Waals surface area contributed by atoms with Gasteiger partial charge in [0.05, 0.1) is 24.1 Å². The van der Waals surface area contributed by atoms with Crippen molar-refractivity contribution in [3.05, 3.63) is 113 Å². The lowest BCUT2D eigenvalue weighted by Crippen LogP contribution is -2.43. The van der Waals surface area contributed by atoms with Crippen molar-refractivity contribution in [2.24, 2.45) is 4.99 Å². The number of hydrogen-bond donors (Lipinski definition) is 0. The fourth-order valence-corrected chi connectivity index (χ4v) is 5.40. The number of hydrogen-bond acceptors (Lipinski definition) is 6. The van der Waals surface area contributed by atoms with Gasteiger partial charge in [0.15, 0.2) is 0 Å². The maximum Gasteiger partial charge on any atom is 0.337 e. The zero-order valence-electron chi connectivity index (χ0n) is 27.8. The number of aliphatic imine (C=N–C) groups is 1. The van der Waals surface area contributed by atoms with E-state index < -0.39 is 0 Å². The number of rotatable bonds is 12. The maximum absolute atomic E-state index is 11.7. The fraction of sp³-hybridized carbons (Fsp3) is 0.447. The number of likely N-dealkylation sites (N-methyl/N-ethyl adjacent to an activating group) is 1. The van der Waals surface area contributed by atoms with E-state index in [9.17, 15) is 4.79 Å². The predicted octanol–water partition coefficient (Wildman–Crippen LogP) is 7.91. The van der Waals surface area contributed by atoms with Crippen molar-refractivity contribution in [2.75, 3.05) is 33.8 Å². The molecule has 0 radical (unpaired) electrons. The van der Waals surface area contributed by atoms with Crippen LogP contribution in [-0.2, 0) is 17.7 Å². The Balaban J connectivity index is 0.000000369. The molecular weight excluding hydrogens is 544 g/mol. The first-order valence-corrected chi connectivity index (χ1v) is 16.1. The molecule has 6 heteroatoms. The lowest BCUT2D eigenvalue weighted by atomic mass is 10.0. The summed E-state index contributed by atoms with van der Waals surface area (Å²) in [5.74, 6) is -0.371. The minimum absolute atomic E-state index is 0.371. The third kappa shape index (κ3) is 12.2. The number of esters is 1. The summed E-state index contributed by atoms with van der Waals surface area (Å²) in [6.07, 6.45) is 11.1. The van der Waals surface area contributed by atoms with Crippen molar-refractivity contribution in [1.82, 2.24) is 14.8 Å². The lowest BCUT2D eigenvalue weighted by Gasteiger charge is -2.37. The van der Waals surface area contributed by atoms with E-state index >= 15 is 0 Å². The van der Waals surface area contributed by atoms with Crippen LogP contribution < -0.4 is 0 Å². The van der Waals surface area contributed by atoms with Gasteiger partial charge in [-0.05, 0) is 95.4 Å². The Morgan fingerprint density at radius 1 is 1.02 bits per heavy atom. The summed E-state index contributed by atoms with van der Waals surface area (Å²) in [7, 11) is 3.58. The summed E-state index contributed by atoms with van der Waals surface area (Å²) in [6, 6.07) is 23.5. The molecule has 0 atom stereocenters. The summed E-state index contributed by atoms with van der Waals surface area (Å²) in [5, 5.41) is 0. The van der Waals surface area contributed by atoms with Gasteiger partial charge in [0.2, 0.25) is 0 Å². The molecule has 1 saturated heterocycles. The Morgan fingerprint density at radius 2 is 1.73 bits per heavy atom. The van der Waals surface area contributed by atoms with E-state index in [2.05, 4.69) is 102 Å². The summed E-state index contributed by atoms with van der Waals surface area (Å²) in [6.45, 7) is 12.6. The number of benzene rings is 2. The summed E-state index contributed by atoms with van der Waals surface area (Å²) < 4.78 is 4.78. The predicted molar refractivity (Wildman–Crippen MR) is 183 cm³/mol. The van der Waals surface area contributed by atoms with Gasteiger partial charge in [-0.15, -0.1) is 0 Å². The third-order valence-corrected chi connectivity index (χ3v) is 8.15. The van der Waals surface area contributed by atoms with Gasteiger partial charge in [-0.25, -0.2) is 4.79 Å². The van der Waals surface area contributed by atoms with Gasteiger partial charge >= 0.3 is 5.97 Å². The van der Waals surface area contributed by atoms with Crippen LogP contribution in [0.4, 0.5) is 0 Å². The third-order valence-electron chi connectivity index (χ3n) is 8.15. The summed E-state index contributed by atoms with van der Waals surface area (Å²) in [5.41, 5.74) is 7.35. The van der Waals surface area contributed by atoms with Crippen LogP contribution in [0.3, 0.4) is 0 Å². The molecule has 3 aromatic rings. The molecule has 0 bridgehead atoms. The number of carbonyl (C=O) groups is 1. The van der Waals surface area contributed by atoms with E-state index in [1.165, 1.54) is 67.9 Å². The zero-order chi connectivity index (χ0) is 31.7. The number of aryl methyl sites for hydroxylation is 2. The molecule has 0 amide bonds. The largest absolute Gasteiger partial charge is 0.465 e. The number of likely N-dealkylation sites (tertiary alicyclic amines) is 1. The van der Waals surface area contributed by atoms with Gasteiger partial charge in [0.25, 0.3) is 0 Å². The highest BCUT2D eigenvalue weighted by atomic mass is 16.5. The highest BCUT2D eigenvalue weighted by Gasteiger charge is 2.22. The molecule has 0 spiro atoms. The van der Waals surface area contributed by atoms with Crippen molar-refractivity contribution in [3.63, 3.8) is 0 Å². The van der Waals surface area contributed by atoms with Crippen molar-refractivity contribution in [2.45, 2.75) is 78.8 Å². The number of pyridine rings is 1. The molecule has 6 nitrogen and oxygen atoms in total. The van der Waals surface area contributed by atoms with Crippen LogP contribution in [0, 0.1) is 6.92 Å². The lowest BCUT2D eigenvalue weighted by molar-refractivity contribution is 0.0600. The molecule has 2 aromatic carbocycles. The fourth-order valence-electron chi connectivity index (χ4n) is 5.40. The maximum atomic E-state index is 11.7. The van der Waals surface area contributed by atoms with Crippen LogP contribution in [-0.4, -0.2) is 66.3 Å². The van der Waals surface area contributed by atoms with Crippen molar-refractivity contribution >= 4 is 11.7 Å². The van der Waals surface area contributed by atoms with E-state index in [0.29, 0.717) is 17.3 Å². The van der Waals surface area contributed by atoms with Crippen LogP contribution in [0.1, 0.15) is 85.6 Å². The van der Waals surface area contributed by atoms with Crippen molar-refractivity contribution in [3.8, 4) is 0 Å². The van der Waals surface area contributed by atoms with E-state index in [4.69, 9.17) is 4.74 Å². The first-order chi connectivity index (χ1) is 21.3. The number of unbranched alkanes of at least 4 members (excludes halogenated alkanes) is 2. The molecule has 4 rings (SSSR count). The first kappa shape index (κ1) is 34.9. The highest BCUT2D eigenvalue weighted by Crippen LogP contribution is 2.18. The molecule has 0 N–H and O–H groups in total. The Hall–Kier alpha value is -3.61. The topological polar surface area (TPSA) is 58.0 Å². The van der Waals surface area contributed by atoms with Gasteiger partial charge in [0, 0.05) is 31.5 Å². The van der Waals surface area contributed by atoms with Crippen LogP contribution in [0.2, 0.25) is 0 Å². The minimum atomic E-state index is -0.371. The molecule has 1 fully saturated rings. The summed E-state index contributed by atoms with van der Waals surface area (Å²) >= 11 is 0. The second kappa shape index (κ2) is 18.9.